The van der Waals surface area contributed by atoms with Crippen molar-refractivity contribution in [2.75, 3.05) is 13.2 Å². The Morgan fingerprint density at radius 1 is 1.42 bits per heavy atom. The lowest BCUT2D eigenvalue weighted by Gasteiger charge is -2.37. The Balaban J connectivity index is 2.80. The van der Waals surface area contributed by atoms with E-state index < -0.39 is 0 Å². The van der Waals surface area contributed by atoms with Gasteiger partial charge in [-0.2, -0.15) is 0 Å². The molecule has 1 heterocycles. The van der Waals surface area contributed by atoms with E-state index >= 15 is 0 Å². The summed E-state index contributed by atoms with van der Waals surface area (Å²) in [7, 11) is 1.90. The third-order valence-corrected chi connectivity index (χ3v) is 3.62. The SMILES string of the molecule is CCCNC(Cc1cn(C)nn1)C(C)(CC)OCC. The van der Waals surface area contributed by atoms with E-state index in [2.05, 4.69) is 36.4 Å². The fourth-order valence-electron chi connectivity index (χ4n) is 2.30. The van der Waals surface area contributed by atoms with Crippen LogP contribution in [0.3, 0.4) is 0 Å². The van der Waals surface area contributed by atoms with Crippen LogP contribution < -0.4 is 5.32 Å². The number of nitrogens with zero attached hydrogens (tertiary/aromatic N) is 3. The smallest absolute Gasteiger partial charge is 0.0843 e. The number of rotatable bonds is 9. The van der Waals surface area contributed by atoms with E-state index in [9.17, 15) is 0 Å². The van der Waals surface area contributed by atoms with Crippen LogP contribution in [0.25, 0.3) is 0 Å². The molecule has 1 rings (SSSR count). The summed E-state index contributed by atoms with van der Waals surface area (Å²) in [4.78, 5) is 0. The number of aryl methyl sites for hydroxylation is 1. The molecular weight excluding hydrogens is 240 g/mol. The van der Waals surface area contributed by atoms with Crippen molar-refractivity contribution in [3.05, 3.63) is 11.9 Å². The maximum atomic E-state index is 6.00. The first kappa shape index (κ1) is 16.1. The zero-order chi connectivity index (χ0) is 14.3. The van der Waals surface area contributed by atoms with Crippen LogP contribution in [-0.2, 0) is 18.2 Å². The van der Waals surface area contributed by atoms with Crippen LogP contribution in [0.5, 0.6) is 0 Å². The van der Waals surface area contributed by atoms with E-state index in [1.165, 1.54) is 0 Å². The summed E-state index contributed by atoms with van der Waals surface area (Å²) in [6.07, 6.45) is 4.91. The first-order valence-electron chi connectivity index (χ1n) is 7.28. The Kier molecular flexibility index (Phi) is 6.45. The minimum absolute atomic E-state index is 0.165. The fraction of sp³-hybridized carbons (Fsp3) is 0.857. The van der Waals surface area contributed by atoms with Gasteiger partial charge < -0.3 is 10.1 Å². The molecule has 0 aromatic carbocycles. The summed E-state index contributed by atoms with van der Waals surface area (Å²) in [5, 5.41) is 11.8. The van der Waals surface area contributed by atoms with Crippen molar-refractivity contribution in [2.24, 2.45) is 7.05 Å². The highest BCUT2D eigenvalue weighted by molar-refractivity contribution is 5.01. The van der Waals surface area contributed by atoms with E-state index in [1.807, 2.05) is 20.2 Å². The van der Waals surface area contributed by atoms with Crippen LogP contribution >= 0.6 is 0 Å². The highest BCUT2D eigenvalue weighted by atomic mass is 16.5. The number of aromatic nitrogens is 3. The minimum atomic E-state index is -0.165. The second kappa shape index (κ2) is 7.60. The molecule has 0 saturated heterocycles. The third kappa shape index (κ3) is 4.58. The summed E-state index contributed by atoms with van der Waals surface area (Å²) in [5.41, 5.74) is 0.844. The maximum absolute atomic E-state index is 6.00. The van der Waals surface area contributed by atoms with Crippen molar-refractivity contribution in [2.45, 2.75) is 58.6 Å². The lowest BCUT2D eigenvalue weighted by atomic mass is 9.89. The molecule has 1 aromatic rings. The molecule has 1 N–H and O–H groups in total. The van der Waals surface area contributed by atoms with Gasteiger partial charge in [-0.3, -0.25) is 4.68 Å². The number of ether oxygens (including phenoxy) is 1. The Morgan fingerprint density at radius 3 is 2.63 bits per heavy atom. The van der Waals surface area contributed by atoms with Crippen LogP contribution in [0.1, 0.15) is 46.2 Å². The summed E-state index contributed by atoms with van der Waals surface area (Å²) >= 11 is 0. The van der Waals surface area contributed by atoms with Crippen molar-refractivity contribution >= 4 is 0 Å². The van der Waals surface area contributed by atoms with E-state index in [0.717, 1.165) is 38.1 Å². The lowest BCUT2D eigenvalue weighted by Crippen LogP contribution is -2.52. The van der Waals surface area contributed by atoms with Gasteiger partial charge in [0.15, 0.2) is 0 Å². The Bertz CT molecular complexity index is 366. The first-order chi connectivity index (χ1) is 9.05. The molecule has 0 radical (unpaired) electrons. The van der Waals surface area contributed by atoms with Gasteiger partial charge in [0, 0.05) is 32.3 Å². The molecule has 19 heavy (non-hydrogen) atoms. The Labute approximate surface area is 116 Å². The standard InChI is InChI=1S/C14H28N4O/c1-6-9-15-13(14(4,7-2)19-8-3)10-12-11-18(5)17-16-12/h11,13,15H,6-10H2,1-5H3. The van der Waals surface area contributed by atoms with E-state index in [-0.39, 0.29) is 11.6 Å². The molecule has 2 atom stereocenters. The Hall–Kier alpha value is -0.940. The summed E-state index contributed by atoms with van der Waals surface area (Å²) in [6.45, 7) is 10.3. The molecule has 110 valence electrons. The first-order valence-corrected chi connectivity index (χ1v) is 7.28. The molecule has 0 spiro atoms. The topological polar surface area (TPSA) is 52.0 Å². The minimum Gasteiger partial charge on any atom is -0.374 e. The van der Waals surface area contributed by atoms with Gasteiger partial charge in [0.2, 0.25) is 0 Å². The molecule has 0 fully saturated rings. The van der Waals surface area contributed by atoms with Gasteiger partial charge in [0.25, 0.3) is 0 Å². The summed E-state index contributed by atoms with van der Waals surface area (Å²) < 4.78 is 7.75. The third-order valence-electron chi connectivity index (χ3n) is 3.62. The largest absolute Gasteiger partial charge is 0.374 e. The van der Waals surface area contributed by atoms with Gasteiger partial charge in [0.1, 0.15) is 0 Å². The quantitative estimate of drug-likeness (QED) is 0.743. The molecule has 0 amide bonds. The van der Waals surface area contributed by atoms with Gasteiger partial charge in [-0.25, -0.2) is 0 Å². The van der Waals surface area contributed by atoms with Crippen LogP contribution in [0, 0.1) is 0 Å². The highest BCUT2D eigenvalue weighted by Gasteiger charge is 2.33. The molecule has 0 aliphatic carbocycles. The monoisotopic (exact) mass is 268 g/mol. The Morgan fingerprint density at radius 2 is 2.16 bits per heavy atom. The van der Waals surface area contributed by atoms with Crippen LogP contribution in [0.2, 0.25) is 0 Å². The second-order valence-electron chi connectivity index (χ2n) is 5.19. The normalized spacial score (nSPS) is 16.3. The van der Waals surface area contributed by atoms with Crippen molar-refractivity contribution in [3.63, 3.8) is 0 Å². The van der Waals surface area contributed by atoms with E-state index in [1.54, 1.807) is 4.68 Å². The predicted molar refractivity (Wildman–Crippen MR) is 77.1 cm³/mol. The number of hydrogen-bond donors (Lipinski definition) is 1. The van der Waals surface area contributed by atoms with Crippen molar-refractivity contribution in [1.82, 2.24) is 20.3 Å². The molecule has 0 aliphatic rings. The van der Waals surface area contributed by atoms with E-state index in [4.69, 9.17) is 4.74 Å². The van der Waals surface area contributed by atoms with Crippen LogP contribution in [0.4, 0.5) is 0 Å². The molecule has 5 heteroatoms. The molecule has 2 unspecified atom stereocenters. The lowest BCUT2D eigenvalue weighted by molar-refractivity contribution is -0.0551. The van der Waals surface area contributed by atoms with Crippen LogP contribution in [0.15, 0.2) is 6.20 Å². The average molecular weight is 268 g/mol. The summed E-state index contributed by atoms with van der Waals surface area (Å²) in [5.74, 6) is 0. The van der Waals surface area contributed by atoms with Gasteiger partial charge in [-0.1, -0.05) is 19.1 Å². The van der Waals surface area contributed by atoms with Crippen molar-refractivity contribution in [3.8, 4) is 0 Å². The predicted octanol–water partition coefficient (Wildman–Crippen LogP) is 1.93. The van der Waals surface area contributed by atoms with Gasteiger partial charge in [0.05, 0.1) is 11.3 Å². The molecular formula is C14H28N4O. The van der Waals surface area contributed by atoms with Gasteiger partial charge in [-0.05, 0) is 33.2 Å². The fourth-order valence-corrected chi connectivity index (χ4v) is 2.30. The molecule has 0 saturated carbocycles. The van der Waals surface area contributed by atoms with Crippen molar-refractivity contribution in [1.29, 1.82) is 0 Å². The zero-order valence-corrected chi connectivity index (χ0v) is 12.9. The molecule has 0 aliphatic heterocycles. The van der Waals surface area contributed by atoms with Crippen molar-refractivity contribution < 1.29 is 4.74 Å². The molecule has 0 bridgehead atoms. The number of hydrogen-bond acceptors (Lipinski definition) is 4. The maximum Gasteiger partial charge on any atom is 0.0843 e. The molecule has 1 aromatic heterocycles. The number of nitrogens with one attached hydrogen (secondary N) is 1. The zero-order valence-electron chi connectivity index (χ0n) is 12.9. The highest BCUT2D eigenvalue weighted by Crippen LogP contribution is 2.22. The summed E-state index contributed by atoms with van der Waals surface area (Å²) in [6, 6.07) is 0.258. The van der Waals surface area contributed by atoms with Crippen LogP contribution in [-0.4, -0.2) is 39.8 Å². The molecule has 5 nitrogen and oxygen atoms in total. The van der Waals surface area contributed by atoms with Gasteiger partial charge >= 0.3 is 0 Å². The van der Waals surface area contributed by atoms with Gasteiger partial charge in [-0.15, -0.1) is 5.10 Å². The average Bonchev–Trinajstić information content (AvgIpc) is 2.80. The second-order valence-corrected chi connectivity index (χ2v) is 5.19. The van der Waals surface area contributed by atoms with E-state index in [0.29, 0.717) is 0 Å².